The van der Waals surface area contributed by atoms with Crippen LogP contribution in [0, 0.1) is 0 Å². The molecule has 2 aromatic heterocycles. The molecule has 2 N–H and O–H groups in total. The molecule has 0 unspecified atom stereocenters. The lowest BCUT2D eigenvalue weighted by Gasteiger charge is -2.06. The number of rotatable bonds is 4. The van der Waals surface area contributed by atoms with Crippen LogP contribution in [0.15, 0.2) is 53.7 Å². The van der Waals surface area contributed by atoms with Crippen LogP contribution in [0.2, 0.25) is 0 Å². The molecule has 3 aromatic rings. The first-order valence-corrected chi connectivity index (χ1v) is 7.42. The largest absolute Gasteiger partial charge is 0.497 e. The molecule has 114 valence electrons. The van der Waals surface area contributed by atoms with Gasteiger partial charge >= 0.3 is 0 Å². The molecule has 1 aliphatic rings. The van der Waals surface area contributed by atoms with Crippen LogP contribution in [0.1, 0.15) is 5.69 Å². The van der Waals surface area contributed by atoms with E-state index in [-0.39, 0.29) is 0 Å². The summed E-state index contributed by atoms with van der Waals surface area (Å²) >= 11 is 0. The van der Waals surface area contributed by atoms with E-state index in [0.717, 1.165) is 46.0 Å². The van der Waals surface area contributed by atoms with Crippen molar-refractivity contribution >= 4 is 34.2 Å². The number of ether oxygens (including phenoxy) is 1. The molecule has 5 heteroatoms. The van der Waals surface area contributed by atoms with E-state index in [2.05, 4.69) is 32.4 Å². The molecule has 0 aliphatic carbocycles. The molecule has 4 rings (SSSR count). The Balaban J connectivity index is 1.61. The summed E-state index contributed by atoms with van der Waals surface area (Å²) < 4.78 is 5.16. The van der Waals surface area contributed by atoms with Crippen LogP contribution in [-0.4, -0.2) is 29.8 Å². The Hall–Kier alpha value is -3.08. The van der Waals surface area contributed by atoms with Crippen molar-refractivity contribution in [3.63, 3.8) is 0 Å². The van der Waals surface area contributed by atoms with Gasteiger partial charge in [0.1, 0.15) is 11.6 Å². The number of H-pyrrole nitrogens is 1. The first kappa shape index (κ1) is 13.6. The van der Waals surface area contributed by atoms with Gasteiger partial charge in [0.2, 0.25) is 0 Å². The highest BCUT2D eigenvalue weighted by Crippen LogP contribution is 2.24. The van der Waals surface area contributed by atoms with E-state index in [1.54, 1.807) is 7.11 Å². The number of allylic oxidation sites excluding steroid dienone is 1. The van der Waals surface area contributed by atoms with Crippen molar-refractivity contribution in [1.82, 2.24) is 9.97 Å². The fourth-order valence-corrected chi connectivity index (χ4v) is 2.61. The van der Waals surface area contributed by atoms with E-state index in [9.17, 15) is 0 Å². The molecule has 0 amide bonds. The van der Waals surface area contributed by atoms with Gasteiger partial charge in [-0.3, -0.25) is 4.99 Å². The van der Waals surface area contributed by atoms with Crippen LogP contribution >= 0.6 is 0 Å². The second-order valence-corrected chi connectivity index (χ2v) is 5.35. The zero-order chi connectivity index (χ0) is 15.6. The first-order valence-electron chi connectivity index (χ1n) is 7.42. The topological polar surface area (TPSA) is 62.3 Å². The summed E-state index contributed by atoms with van der Waals surface area (Å²) in [5.41, 5.74) is 4.22. The number of anilines is 2. The molecule has 23 heavy (non-hydrogen) atoms. The normalized spacial score (nSPS) is 13.3. The number of aromatic nitrogens is 2. The minimum Gasteiger partial charge on any atom is -0.497 e. The fourth-order valence-electron chi connectivity index (χ4n) is 2.61. The molecule has 1 aliphatic heterocycles. The molecule has 1 aromatic carbocycles. The molecule has 3 heterocycles. The highest BCUT2D eigenvalue weighted by Gasteiger charge is 2.08. The number of hydrogen-bond donors (Lipinski definition) is 2. The van der Waals surface area contributed by atoms with Crippen LogP contribution in [0.3, 0.4) is 0 Å². The number of hydrogen-bond acceptors (Lipinski definition) is 4. The Labute approximate surface area is 133 Å². The second kappa shape index (κ2) is 5.61. The lowest BCUT2D eigenvalue weighted by molar-refractivity contribution is 0.415. The van der Waals surface area contributed by atoms with Crippen LogP contribution in [0.4, 0.5) is 11.5 Å². The Bertz CT molecular complexity index is 906. The monoisotopic (exact) mass is 304 g/mol. The molecule has 5 nitrogen and oxygen atoms in total. The highest BCUT2D eigenvalue weighted by atomic mass is 16.5. The molecule has 0 saturated carbocycles. The lowest BCUT2D eigenvalue weighted by Crippen LogP contribution is -1.93. The summed E-state index contributed by atoms with van der Waals surface area (Å²) in [5.74, 6) is 1.63. The van der Waals surface area contributed by atoms with Crippen LogP contribution in [0.25, 0.3) is 16.5 Å². The van der Waals surface area contributed by atoms with Crippen LogP contribution in [-0.2, 0) is 0 Å². The lowest BCUT2D eigenvalue weighted by atomic mass is 10.2. The van der Waals surface area contributed by atoms with Crippen molar-refractivity contribution in [2.24, 2.45) is 4.99 Å². The average molecular weight is 304 g/mol. The predicted molar refractivity (Wildman–Crippen MR) is 93.7 cm³/mol. The van der Waals surface area contributed by atoms with Gasteiger partial charge in [-0.05, 0) is 30.3 Å². The van der Waals surface area contributed by atoms with E-state index in [4.69, 9.17) is 4.74 Å². The van der Waals surface area contributed by atoms with Gasteiger partial charge in [-0.25, -0.2) is 4.98 Å². The smallest absolute Gasteiger partial charge is 0.132 e. The second-order valence-electron chi connectivity index (χ2n) is 5.35. The quantitative estimate of drug-likeness (QED) is 0.771. The van der Waals surface area contributed by atoms with E-state index >= 15 is 0 Å². The third-order valence-corrected chi connectivity index (χ3v) is 3.82. The molecular formula is C18H16N4O. The first-order chi connectivity index (χ1) is 11.3. The van der Waals surface area contributed by atoms with Gasteiger partial charge in [0, 0.05) is 40.8 Å². The summed E-state index contributed by atoms with van der Waals surface area (Å²) in [6.45, 7) is 0.757. The predicted octanol–water partition coefficient (Wildman–Crippen LogP) is 3.78. The summed E-state index contributed by atoms with van der Waals surface area (Å²) in [6, 6.07) is 11.9. The van der Waals surface area contributed by atoms with E-state index in [1.807, 2.05) is 42.7 Å². The van der Waals surface area contributed by atoms with Crippen molar-refractivity contribution in [3.8, 4) is 5.75 Å². The number of benzene rings is 1. The summed E-state index contributed by atoms with van der Waals surface area (Å²) in [4.78, 5) is 12.1. The zero-order valence-corrected chi connectivity index (χ0v) is 12.7. The van der Waals surface area contributed by atoms with Crippen molar-refractivity contribution in [2.75, 3.05) is 19.0 Å². The maximum atomic E-state index is 5.16. The van der Waals surface area contributed by atoms with Crippen molar-refractivity contribution in [3.05, 3.63) is 54.4 Å². The third-order valence-electron chi connectivity index (χ3n) is 3.82. The minimum atomic E-state index is 0.757. The Kier molecular flexibility index (Phi) is 3.31. The van der Waals surface area contributed by atoms with E-state index in [0.29, 0.717) is 0 Å². The average Bonchev–Trinajstić information content (AvgIpc) is 3.24. The highest BCUT2D eigenvalue weighted by molar-refractivity contribution is 6.12. The number of methoxy groups -OCH3 is 1. The zero-order valence-electron chi connectivity index (χ0n) is 12.7. The summed E-state index contributed by atoms with van der Waals surface area (Å²) in [6.07, 6.45) is 5.87. The summed E-state index contributed by atoms with van der Waals surface area (Å²) in [5, 5.41) is 4.38. The Morgan fingerprint density at radius 1 is 1.17 bits per heavy atom. The van der Waals surface area contributed by atoms with Crippen LogP contribution < -0.4 is 10.1 Å². The number of fused-ring (bicyclic) bond motifs is 1. The molecule has 0 spiro atoms. The van der Waals surface area contributed by atoms with Gasteiger partial charge in [0.15, 0.2) is 0 Å². The van der Waals surface area contributed by atoms with E-state index in [1.165, 1.54) is 0 Å². The number of pyridine rings is 1. The van der Waals surface area contributed by atoms with Crippen molar-refractivity contribution < 1.29 is 4.74 Å². The number of aromatic amines is 1. The number of nitrogens with one attached hydrogen (secondary N) is 2. The minimum absolute atomic E-state index is 0.757. The fraction of sp³-hybridized carbons (Fsp3) is 0.111. The third kappa shape index (κ3) is 2.68. The molecule has 0 fully saturated rings. The summed E-state index contributed by atoms with van der Waals surface area (Å²) in [7, 11) is 1.66. The molecule has 0 saturated heterocycles. The van der Waals surface area contributed by atoms with Gasteiger partial charge in [0.25, 0.3) is 0 Å². The van der Waals surface area contributed by atoms with Crippen molar-refractivity contribution in [2.45, 2.75) is 0 Å². The van der Waals surface area contributed by atoms with Gasteiger partial charge in [0.05, 0.1) is 19.2 Å². The number of nitrogens with zero attached hydrogens (tertiary/aromatic N) is 2. The molecule has 0 radical (unpaired) electrons. The SMILES string of the molecule is COc1ccc(Nc2cc3[nH]c(C4=CCN=C4)cc3cn2)cc1. The number of aliphatic imine (C=N–C) groups is 1. The van der Waals surface area contributed by atoms with Gasteiger partial charge in [-0.1, -0.05) is 6.08 Å². The van der Waals surface area contributed by atoms with Gasteiger partial charge < -0.3 is 15.0 Å². The van der Waals surface area contributed by atoms with Gasteiger partial charge in [-0.15, -0.1) is 0 Å². The standard InChI is InChI=1S/C18H16N4O/c1-23-15-4-2-14(3-5-15)21-18-9-17-13(11-20-18)8-16(22-17)12-6-7-19-10-12/h2-6,8-11,22H,7H2,1H3,(H,20,21). The molecular weight excluding hydrogens is 288 g/mol. The molecule has 0 bridgehead atoms. The van der Waals surface area contributed by atoms with Crippen molar-refractivity contribution in [1.29, 1.82) is 0 Å². The molecule has 0 atom stereocenters. The van der Waals surface area contributed by atoms with E-state index < -0.39 is 0 Å². The maximum absolute atomic E-state index is 5.16. The maximum Gasteiger partial charge on any atom is 0.132 e. The van der Waals surface area contributed by atoms with Crippen LogP contribution in [0.5, 0.6) is 5.75 Å². The van der Waals surface area contributed by atoms with Gasteiger partial charge in [-0.2, -0.15) is 0 Å². The Morgan fingerprint density at radius 2 is 2.04 bits per heavy atom. The Morgan fingerprint density at radius 3 is 2.78 bits per heavy atom.